The molecule has 0 bridgehead atoms. The normalized spacial score (nSPS) is 14.9. The van der Waals surface area contributed by atoms with Crippen LogP contribution in [-0.2, 0) is 6.54 Å². The maximum Gasteiger partial charge on any atom is 0.257 e. The van der Waals surface area contributed by atoms with Gasteiger partial charge in [0.15, 0.2) is 5.11 Å². The summed E-state index contributed by atoms with van der Waals surface area (Å²) in [5, 5.41) is 6.19. The summed E-state index contributed by atoms with van der Waals surface area (Å²) < 4.78 is 12.9. The molecule has 0 aromatic heterocycles. The molecule has 27 heavy (non-hydrogen) atoms. The van der Waals surface area contributed by atoms with Crippen LogP contribution in [0.3, 0.4) is 0 Å². The SMILES string of the molecule is Cl.O=C(NC(=S)NC1CCN(Cc2ccccc2)CC1)c1ccc(F)cc1. The van der Waals surface area contributed by atoms with E-state index in [4.69, 9.17) is 12.2 Å². The zero-order valence-corrected chi connectivity index (χ0v) is 16.5. The van der Waals surface area contributed by atoms with Crippen LogP contribution in [0.5, 0.6) is 0 Å². The lowest BCUT2D eigenvalue weighted by Gasteiger charge is -2.32. The molecule has 1 fully saturated rings. The molecule has 7 heteroatoms. The van der Waals surface area contributed by atoms with Gasteiger partial charge in [-0.05, 0) is 54.9 Å². The van der Waals surface area contributed by atoms with Crippen molar-refractivity contribution < 1.29 is 9.18 Å². The van der Waals surface area contributed by atoms with Gasteiger partial charge in [0, 0.05) is 31.2 Å². The second-order valence-electron chi connectivity index (χ2n) is 6.47. The van der Waals surface area contributed by atoms with Crippen molar-refractivity contribution in [2.24, 2.45) is 0 Å². The molecular formula is C20H23ClFN3OS. The number of benzene rings is 2. The van der Waals surface area contributed by atoms with E-state index in [1.54, 1.807) is 0 Å². The van der Waals surface area contributed by atoms with Crippen LogP contribution in [0.4, 0.5) is 4.39 Å². The molecule has 4 nitrogen and oxygen atoms in total. The summed E-state index contributed by atoms with van der Waals surface area (Å²) >= 11 is 5.24. The molecule has 2 aromatic rings. The Labute approximate surface area is 170 Å². The van der Waals surface area contributed by atoms with Gasteiger partial charge in [0.25, 0.3) is 5.91 Å². The highest BCUT2D eigenvalue weighted by Crippen LogP contribution is 2.14. The number of carbonyl (C=O) groups excluding carboxylic acids is 1. The summed E-state index contributed by atoms with van der Waals surface area (Å²) in [5.41, 5.74) is 1.70. The summed E-state index contributed by atoms with van der Waals surface area (Å²) in [5.74, 6) is -0.700. The first-order valence-corrected chi connectivity index (χ1v) is 9.14. The number of carbonyl (C=O) groups is 1. The number of nitrogens with zero attached hydrogens (tertiary/aromatic N) is 1. The Morgan fingerprint density at radius 3 is 2.33 bits per heavy atom. The fraction of sp³-hybridized carbons (Fsp3) is 0.300. The molecule has 0 atom stereocenters. The maximum absolute atomic E-state index is 12.9. The van der Waals surface area contributed by atoms with Crippen molar-refractivity contribution in [3.8, 4) is 0 Å². The minimum Gasteiger partial charge on any atom is -0.360 e. The standard InChI is InChI=1S/C20H22FN3OS.ClH/c21-17-8-6-16(7-9-17)19(25)23-20(26)22-18-10-12-24(13-11-18)14-15-4-2-1-3-5-15;/h1-9,18H,10-14H2,(H2,22,23,25,26);1H. The van der Waals surface area contributed by atoms with E-state index in [1.807, 2.05) is 6.07 Å². The molecule has 1 aliphatic heterocycles. The molecule has 0 saturated carbocycles. The van der Waals surface area contributed by atoms with Crippen molar-refractivity contribution in [3.63, 3.8) is 0 Å². The Morgan fingerprint density at radius 2 is 1.70 bits per heavy atom. The van der Waals surface area contributed by atoms with Gasteiger partial charge in [0.1, 0.15) is 5.82 Å². The topological polar surface area (TPSA) is 44.4 Å². The minimum absolute atomic E-state index is 0. The molecule has 1 amide bonds. The van der Waals surface area contributed by atoms with E-state index >= 15 is 0 Å². The summed E-state index contributed by atoms with van der Waals surface area (Å²) in [6.07, 6.45) is 1.94. The summed E-state index contributed by atoms with van der Waals surface area (Å²) in [6.45, 7) is 2.93. The average Bonchev–Trinajstić information content (AvgIpc) is 2.64. The van der Waals surface area contributed by atoms with Crippen LogP contribution in [0.25, 0.3) is 0 Å². The molecule has 3 rings (SSSR count). The van der Waals surface area contributed by atoms with Gasteiger partial charge in [0.05, 0.1) is 0 Å². The lowest BCUT2D eigenvalue weighted by molar-refractivity contribution is 0.0976. The Hall–Kier alpha value is -2.02. The second kappa shape index (κ2) is 10.3. The highest BCUT2D eigenvalue weighted by Gasteiger charge is 2.20. The van der Waals surface area contributed by atoms with Crippen LogP contribution in [0.1, 0.15) is 28.8 Å². The zero-order chi connectivity index (χ0) is 18.4. The first kappa shape index (κ1) is 21.3. The smallest absolute Gasteiger partial charge is 0.257 e. The summed E-state index contributed by atoms with van der Waals surface area (Å²) in [4.78, 5) is 14.5. The second-order valence-corrected chi connectivity index (χ2v) is 6.88. The van der Waals surface area contributed by atoms with Gasteiger partial charge in [0.2, 0.25) is 0 Å². The molecule has 0 spiro atoms. The molecular weight excluding hydrogens is 385 g/mol. The van der Waals surface area contributed by atoms with Gasteiger partial charge in [-0.25, -0.2) is 4.39 Å². The molecule has 0 unspecified atom stereocenters. The summed E-state index contributed by atoms with van der Waals surface area (Å²) in [7, 11) is 0. The number of thiocarbonyl (C=S) groups is 1. The third kappa shape index (κ3) is 6.57. The minimum atomic E-state index is -0.371. The maximum atomic E-state index is 12.9. The van der Waals surface area contributed by atoms with Crippen LogP contribution >= 0.6 is 24.6 Å². The van der Waals surface area contributed by atoms with Crippen LogP contribution in [-0.4, -0.2) is 35.1 Å². The van der Waals surface area contributed by atoms with Crippen LogP contribution in [0.15, 0.2) is 54.6 Å². The molecule has 1 heterocycles. The number of hydrogen-bond acceptors (Lipinski definition) is 3. The molecule has 2 N–H and O–H groups in total. The van der Waals surface area contributed by atoms with Crippen molar-refractivity contribution in [1.82, 2.24) is 15.5 Å². The van der Waals surface area contributed by atoms with Crippen LogP contribution in [0.2, 0.25) is 0 Å². The molecule has 1 saturated heterocycles. The van der Waals surface area contributed by atoms with E-state index in [0.717, 1.165) is 32.5 Å². The largest absolute Gasteiger partial charge is 0.360 e. The Bertz CT molecular complexity index is 750. The highest BCUT2D eigenvalue weighted by atomic mass is 35.5. The van der Waals surface area contributed by atoms with E-state index in [9.17, 15) is 9.18 Å². The number of hydrogen-bond donors (Lipinski definition) is 2. The first-order valence-electron chi connectivity index (χ1n) is 8.74. The van der Waals surface area contributed by atoms with E-state index < -0.39 is 0 Å². The highest BCUT2D eigenvalue weighted by molar-refractivity contribution is 7.80. The summed E-state index contributed by atoms with van der Waals surface area (Å²) in [6, 6.07) is 16.1. The van der Waals surface area contributed by atoms with Crippen molar-refractivity contribution in [2.45, 2.75) is 25.4 Å². The first-order chi connectivity index (χ1) is 12.6. The molecule has 144 valence electrons. The molecule has 0 radical (unpaired) electrons. The van der Waals surface area contributed by atoms with Gasteiger partial charge < -0.3 is 5.32 Å². The van der Waals surface area contributed by atoms with Crippen LogP contribution in [0, 0.1) is 5.82 Å². The third-order valence-corrected chi connectivity index (χ3v) is 4.73. The van der Waals surface area contributed by atoms with Gasteiger partial charge in [-0.2, -0.15) is 0 Å². The van der Waals surface area contributed by atoms with Crippen molar-refractivity contribution in [1.29, 1.82) is 0 Å². The van der Waals surface area contributed by atoms with Crippen molar-refractivity contribution in [3.05, 3.63) is 71.5 Å². The number of amides is 1. The van der Waals surface area contributed by atoms with E-state index in [-0.39, 0.29) is 30.2 Å². The molecule has 1 aliphatic rings. The zero-order valence-electron chi connectivity index (χ0n) is 14.9. The van der Waals surface area contributed by atoms with Gasteiger partial charge in [-0.1, -0.05) is 30.3 Å². The number of nitrogens with one attached hydrogen (secondary N) is 2. The number of halogens is 2. The quantitative estimate of drug-likeness (QED) is 0.761. The number of rotatable bonds is 4. The van der Waals surface area contributed by atoms with Crippen molar-refractivity contribution >= 4 is 35.6 Å². The predicted octanol–water partition coefficient (Wildman–Crippen LogP) is 3.52. The third-order valence-electron chi connectivity index (χ3n) is 4.51. The Morgan fingerprint density at radius 1 is 1.07 bits per heavy atom. The average molecular weight is 408 g/mol. The van der Waals surface area contributed by atoms with E-state index in [0.29, 0.717) is 10.7 Å². The Kier molecular flexibility index (Phi) is 8.16. The predicted molar refractivity (Wildman–Crippen MR) is 112 cm³/mol. The van der Waals surface area contributed by atoms with Crippen molar-refractivity contribution in [2.75, 3.05) is 13.1 Å². The fourth-order valence-electron chi connectivity index (χ4n) is 3.08. The molecule has 2 aromatic carbocycles. The van der Waals surface area contributed by atoms with E-state index in [2.05, 4.69) is 39.8 Å². The lowest BCUT2D eigenvalue weighted by Crippen LogP contribution is -2.48. The lowest BCUT2D eigenvalue weighted by atomic mass is 10.0. The van der Waals surface area contributed by atoms with Gasteiger partial charge in [-0.15, -0.1) is 12.4 Å². The number of piperidine rings is 1. The molecule has 0 aliphatic carbocycles. The number of likely N-dealkylation sites (tertiary alicyclic amines) is 1. The van der Waals surface area contributed by atoms with E-state index in [1.165, 1.54) is 29.8 Å². The monoisotopic (exact) mass is 407 g/mol. The van der Waals surface area contributed by atoms with Gasteiger partial charge in [-0.3, -0.25) is 15.0 Å². The fourth-order valence-corrected chi connectivity index (χ4v) is 3.33. The van der Waals surface area contributed by atoms with Crippen LogP contribution < -0.4 is 10.6 Å². The Balaban J connectivity index is 0.00000261. The van der Waals surface area contributed by atoms with Gasteiger partial charge >= 0.3 is 0 Å².